The lowest BCUT2D eigenvalue weighted by molar-refractivity contribution is -0.116. The van der Waals surface area contributed by atoms with Crippen LogP contribution in [0, 0.1) is 13.8 Å². The van der Waals surface area contributed by atoms with Crippen LogP contribution in [0.1, 0.15) is 27.0 Å². The number of rotatable bonds is 6. The number of nitrogens with zero attached hydrogens (tertiary/aromatic N) is 1. The topological polar surface area (TPSA) is 83.6 Å². The van der Waals surface area contributed by atoms with Gasteiger partial charge < -0.3 is 10.2 Å². The van der Waals surface area contributed by atoms with Gasteiger partial charge in [0, 0.05) is 24.6 Å². The molecular weight excluding hydrogens is 364 g/mol. The molecule has 144 valence electrons. The van der Waals surface area contributed by atoms with Gasteiger partial charge in [0.05, 0.1) is 12.3 Å². The van der Waals surface area contributed by atoms with E-state index >= 15 is 0 Å². The maximum absolute atomic E-state index is 12.6. The Hall–Kier alpha value is -2.67. The molecular formula is C20H24N2O4S. The highest BCUT2D eigenvalue weighted by molar-refractivity contribution is 7.89. The van der Waals surface area contributed by atoms with E-state index in [2.05, 4.69) is 5.32 Å². The third-order valence-electron chi connectivity index (χ3n) is 4.21. The molecule has 0 aliphatic heterocycles. The molecule has 2 amide bonds. The molecule has 6 nitrogen and oxygen atoms in total. The van der Waals surface area contributed by atoms with Crippen molar-refractivity contribution >= 4 is 27.3 Å². The van der Waals surface area contributed by atoms with Crippen molar-refractivity contribution in [2.45, 2.75) is 19.6 Å². The third kappa shape index (κ3) is 5.92. The highest BCUT2D eigenvalue weighted by Gasteiger charge is 2.16. The van der Waals surface area contributed by atoms with Crippen LogP contribution in [-0.4, -0.2) is 45.0 Å². The number of amides is 2. The van der Waals surface area contributed by atoms with E-state index in [4.69, 9.17) is 0 Å². The van der Waals surface area contributed by atoms with Crippen molar-refractivity contribution in [2.24, 2.45) is 0 Å². The summed E-state index contributed by atoms with van der Waals surface area (Å²) in [6.07, 6.45) is 1.14. The Bertz CT molecular complexity index is 968. The monoisotopic (exact) mass is 388 g/mol. The zero-order chi connectivity index (χ0) is 20.2. The predicted octanol–water partition coefficient (Wildman–Crippen LogP) is 2.56. The molecule has 0 unspecified atom stereocenters. The van der Waals surface area contributed by atoms with Crippen molar-refractivity contribution in [1.82, 2.24) is 4.90 Å². The first-order chi connectivity index (χ1) is 12.6. The fourth-order valence-corrected chi connectivity index (χ4v) is 3.47. The van der Waals surface area contributed by atoms with Crippen molar-refractivity contribution in [3.63, 3.8) is 0 Å². The third-order valence-corrected chi connectivity index (χ3v) is 5.07. The van der Waals surface area contributed by atoms with Gasteiger partial charge in [-0.2, -0.15) is 0 Å². The number of sulfone groups is 1. The van der Waals surface area contributed by atoms with Crippen molar-refractivity contribution < 1.29 is 18.0 Å². The number of hydrogen-bond donors (Lipinski definition) is 1. The second-order valence-electron chi connectivity index (χ2n) is 6.73. The average Bonchev–Trinajstić information content (AvgIpc) is 2.57. The van der Waals surface area contributed by atoms with Crippen molar-refractivity contribution in [1.29, 1.82) is 0 Å². The van der Waals surface area contributed by atoms with E-state index in [1.54, 1.807) is 24.3 Å². The number of likely N-dealkylation sites (N-methyl/N-ethyl adjacent to an activating group) is 1. The van der Waals surface area contributed by atoms with E-state index < -0.39 is 9.84 Å². The smallest absolute Gasteiger partial charge is 0.254 e. The quantitative estimate of drug-likeness (QED) is 0.824. The summed E-state index contributed by atoms with van der Waals surface area (Å²) in [6, 6.07) is 12.1. The molecule has 0 heterocycles. The normalized spacial score (nSPS) is 11.1. The van der Waals surface area contributed by atoms with Crippen LogP contribution in [0.15, 0.2) is 42.5 Å². The summed E-state index contributed by atoms with van der Waals surface area (Å²) in [6.45, 7) is 3.78. The van der Waals surface area contributed by atoms with Gasteiger partial charge in [0.2, 0.25) is 5.91 Å². The van der Waals surface area contributed by atoms with Gasteiger partial charge in [-0.3, -0.25) is 9.59 Å². The minimum atomic E-state index is -3.19. The Morgan fingerprint density at radius 2 is 1.74 bits per heavy atom. The number of carbonyl (C=O) groups is 2. The highest BCUT2D eigenvalue weighted by atomic mass is 32.2. The summed E-state index contributed by atoms with van der Waals surface area (Å²) in [4.78, 5) is 26.2. The molecule has 2 aromatic rings. The van der Waals surface area contributed by atoms with Gasteiger partial charge in [-0.1, -0.05) is 24.3 Å². The van der Waals surface area contributed by atoms with Crippen molar-refractivity contribution in [2.75, 3.05) is 25.2 Å². The van der Waals surface area contributed by atoms with Crippen LogP contribution in [0.3, 0.4) is 0 Å². The summed E-state index contributed by atoms with van der Waals surface area (Å²) in [5, 5.41) is 2.82. The first-order valence-electron chi connectivity index (χ1n) is 8.45. The lowest BCUT2D eigenvalue weighted by Crippen LogP contribution is -2.35. The number of benzene rings is 2. The van der Waals surface area contributed by atoms with Crippen LogP contribution < -0.4 is 5.32 Å². The fraction of sp³-hybridized carbons (Fsp3) is 0.300. The minimum Gasteiger partial charge on any atom is -0.332 e. The van der Waals surface area contributed by atoms with E-state index in [1.807, 2.05) is 32.0 Å². The summed E-state index contributed by atoms with van der Waals surface area (Å²) >= 11 is 0. The van der Waals surface area contributed by atoms with Crippen LogP contribution >= 0.6 is 0 Å². The van der Waals surface area contributed by atoms with E-state index in [0.717, 1.165) is 23.1 Å². The summed E-state index contributed by atoms with van der Waals surface area (Å²) in [5.74, 6) is -0.779. The van der Waals surface area contributed by atoms with E-state index in [9.17, 15) is 18.0 Å². The van der Waals surface area contributed by atoms with Crippen molar-refractivity contribution in [3.8, 4) is 0 Å². The van der Waals surface area contributed by atoms with E-state index in [1.165, 1.54) is 11.9 Å². The molecule has 0 spiro atoms. The number of nitrogens with one attached hydrogen (secondary N) is 1. The lowest BCUT2D eigenvalue weighted by Gasteiger charge is -2.18. The molecule has 0 aliphatic rings. The molecule has 0 radical (unpaired) electrons. The molecule has 2 rings (SSSR count). The van der Waals surface area contributed by atoms with Crippen molar-refractivity contribution in [3.05, 3.63) is 64.7 Å². The standard InChI is InChI=1S/C20H24N2O4S/c1-14-7-5-10-18(15(14)2)21-19(23)12-22(3)20(24)17-9-6-8-16(11-17)13-27(4,25)26/h5-11H,12-13H2,1-4H3,(H,21,23). The van der Waals surface area contributed by atoms with Gasteiger partial charge >= 0.3 is 0 Å². The van der Waals surface area contributed by atoms with Gasteiger partial charge in [0.25, 0.3) is 5.91 Å². The maximum Gasteiger partial charge on any atom is 0.254 e. The molecule has 0 fully saturated rings. The van der Waals surface area contributed by atoms with Crippen LogP contribution in [0.25, 0.3) is 0 Å². The largest absolute Gasteiger partial charge is 0.332 e. The minimum absolute atomic E-state index is 0.109. The Labute approximate surface area is 160 Å². The zero-order valence-electron chi connectivity index (χ0n) is 15.9. The summed E-state index contributed by atoms with van der Waals surface area (Å²) in [7, 11) is -1.65. The van der Waals surface area contributed by atoms with Crippen LogP contribution in [0.5, 0.6) is 0 Å². The van der Waals surface area contributed by atoms with E-state index in [0.29, 0.717) is 11.1 Å². The van der Waals surface area contributed by atoms with Crippen LogP contribution in [-0.2, 0) is 20.4 Å². The molecule has 1 N–H and O–H groups in total. The molecule has 0 aliphatic carbocycles. The Morgan fingerprint density at radius 3 is 2.41 bits per heavy atom. The molecule has 27 heavy (non-hydrogen) atoms. The van der Waals surface area contributed by atoms with Gasteiger partial charge in [-0.05, 0) is 48.7 Å². The molecule has 0 saturated carbocycles. The van der Waals surface area contributed by atoms with Gasteiger partial charge in [0.1, 0.15) is 0 Å². The van der Waals surface area contributed by atoms with Gasteiger partial charge in [-0.25, -0.2) is 8.42 Å². The van der Waals surface area contributed by atoms with Crippen LogP contribution in [0.2, 0.25) is 0 Å². The number of aryl methyl sites for hydroxylation is 1. The zero-order valence-corrected chi connectivity index (χ0v) is 16.8. The first-order valence-corrected chi connectivity index (χ1v) is 10.5. The van der Waals surface area contributed by atoms with Gasteiger partial charge in [-0.15, -0.1) is 0 Å². The number of carbonyl (C=O) groups excluding carboxylic acids is 2. The summed E-state index contributed by atoms with van der Waals surface area (Å²) < 4.78 is 22.9. The molecule has 0 aromatic heterocycles. The molecule has 2 aromatic carbocycles. The Balaban J connectivity index is 2.06. The number of hydrogen-bond acceptors (Lipinski definition) is 4. The number of anilines is 1. The lowest BCUT2D eigenvalue weighted by atomic mass is 10.1. The first kappa shape index (κ1) is 20.6. The second-order valence-corrected chi connectivity index (χ2v) is 8.87. The molecule has 0 saturated heterocycles. The fourth-order valence-electron chi connectivity index (χ4n) is 2.68. The molecule has 0 atom stereocenters. The Kier molecular flexibility index (Phi) is 6.38. The van der Waals surface area contributed by atoms with Gasteiger partial charge in [0.15, 0.2) is 9.84 Å². The second kappa shape index (κ2) is 8.35. The van der Waals surface area contributed by atoms with Crippen LogP contribution in [0.4, 0.5) is 5.69 Å². The van der Waals surface area contributed by atoms with E-state index in [-0.39, 0.29) is 24.1 Å². The maximum atomic E-state index is 12.6. The summed E-state index contributed by atoms with van der Waals surface area (Å²) in [5.41, 5.74) is 3.65. The average molecular weight is 388 g/mol. The SMILES string of the molecule is Cc1cccc(NC(=O)CN(C)C(=O)c2cccc(CS(C)(=O)=O)c2)c1C. The predicted molar refractivity (Wildman–Crippen MR) is 106 cm³/mol. The molecule has 7 heteroatoms. The Morgan fingerprint density at radius 1 is 1.07 bits per heavy atom. The highest BCUT2D eigenvalue weighted by Crippen LogP contribution is 2.18. The molecule has 0 bridgehead atoms.